The first-order chi connectivity index (χ1) is 8.38. The minimum absolute atomic E-state index is 0.176. The molecular weight excluding hydrogens is 329 g/mol. The molecule has 0 aliphatic carbocycles. The Labute approximate surface area is 110 Å². The third kappa shape index (κ3) is 2.67. The Balaban J connectivity index is 2.33. The number of sulfonamides is 1. The molecule has 0 amide bonds. The second kappa shape index (κ2) is 4.65. The quantitative estimate of drug-likeness (QED) is 0.928. The van der Waals surface area contributed by atoms with Crippen molar-refractivity contribution < 1.29 is 17.2 Å². The lowest BCUT2D eigenvalue weighted by atomic mass is 10.3. The minimum Gasteiger partial charge on any atom is -0.408 e. The van der Waals surface area contributed by atoms with E-state index >= 15 is 0 Å². The molecule has 1 aromatic heterocycles. The monoisotopic (exact) mass is 335 g/mol. The first kappa shape index (κ1) is 13.0. The summed E-state index contributed by atoms with van der Waals surface area (Å²) in [6.07, 6.45) is 0. The summed E-state index contributed by atoms with van der Waals surface area (Å²) in [6, 6.07) is 3.16. The topological polar surface area (TPSA) is 85.1 Å². The van der Waals surface area contributed by atoms with Gasteiger partial charge in [-0.15, -0.1) is 5.10 Å². The largest absolute Gasteiger partial charge is 0.408 e. The first-order valence-corrected chi connectivity index (χ1v) is 6.94. The summed E-state index contributed by atoms with van der Waals surface area (Å²) in [4.78, 5) is -0.237. The van der Waals surface area contributed by atoms with Crippen LogP contribution in [-0.2, 0) is 10.0 Å². The van der Waals surface area contributed by atoms with E-state index in [0.29, 0.717) is 0 Å². The number of nitrogens with zero attached hydrogens (tertiary/aromatic N) is 2. The molecule has 96 valence electrons. The molecule has 0 aliphatic heterocycles. The molecule has 1 aromatic carbocycles. The molecular formula is C9H7BrFN3O3S. The zero-order chi connectivity index (χ0) is 13.3. The van der Waals surface area contributed by atoms with E-state index in [9.17, 15) is 12.8 Å². The van der Waals surface area contributed by atoms with Crippen LogP contribution in [0.5, 0.6) is 0 Å². The van der Waals surface area contributed by atoms with Crippen molar-refractivity contribution in [2.45, 2.75) is 11.8 Å². The van der Waals surface area contributed by atoms with Gasteiger partial charge in [0.1, 0.15) is 5.82 Å². The molecule has 6 nitrogen and oxygen atoms in total. The number of benzene rings is 1. The van der Waals surface area contributed by atoms with E-state index in [4.69, 9.17) is 4.42 Å². The molecule has 9 heteroatoms. The average molecular weight is 336 g/mol. The number of hydrogen-bond acceptors (Lipinski definition) is 5. The van der Waals surface area contributed by atoms with Crippen LogP contribution in [0.15, 0.2) is 32.0 Å². The van der Waals surface area contributed by atoms with Crippen LogP contribution in [0, 0.1) is 12.7 Å². The maximum absolute atomic E-state index is 13.3. The van der Waals surface area contributed by atoms with Crippen molar-refractivity contribution in [2.75, 3.05) is 4.72 Å². The van der Waals surface area contributed by atoms with Gasteiger partial charge >= 0.3 is 6.01 Å². The number of rotatable bonds is 3. The summed E-state index contributed by atoms with van der Waals surface area (Å²) in [7, 11) is -3.95. The van der Waals surface area contributed by atoms with Crippen LogP contribution in [0.4, 0.5) is 10.4 Å². The zero-order valence-corrected chi connectivity index (χ0v) is 11.4. The number of halogens is 2. The van der Waals surface area contributed by atoms with Gasteiger partial charge in [-0.25, -0.2) is 17.5 Å². The van der Waals surface area contributed by atoms with E-state index in [0.717, 1.165) is 6.07 Å². The van der Waals surface area contributed by atoms with Crippen molar-refractivity contribution in [2.24, 2.45) is 0 Å². The van der Waals surface area contributed by atoms with Crippen molar-refractivity contribution in [3.05, 3.63) is 34.4 Å². The van der Waals surface area contributed by atoms with Gasteiger partial charge in [0, 0.05) is 6.92 Å². The minimum atomic E-state index is -3.95. The van der Waals surface area contributed by atoms with Crippen molar-refractivity contribution >= 4 is 32.0 Å². The number of aromatic nitrogens is 2. The van der Waals surface area contributed by atoms with Crippen LogP contribution < -0.4 is 4.72 Å². The van der Waals surface area contributed by atoms with Gasteiger partial charge in [0.25, 0.3) is 10.0 Å². The molecule has 0 atom stereocenters. The number of hydrogen-bond donors (Lipinski definition) is 1. The Morgan fingerprint density at radius 1 is 1.39 bits per heavy atom. The Kier molecular flexibility index (Phi) is 3.35. The molecule has 0 spiro atoms. The summed E-state index contributed by atoms with van der Waals surface area (Å²) < 4.78 is 44.1. The molecule has 2 aromatic rings. The molecule has 18 heavy (non-hydrogen) atoms. The molecule has 0 saturated heterocycles. The highest BCUT2D eigenvalue weighted by molar-refractivity contribution is 9.10. The maximum atomic E-state index is 13.3. The summed E-state index contributed by atoms with van der Waals surface area (Å²) in [5.74, 6) is -0.464. The van der Waals surface area contributed by atoms with Gasteiger partial charge in [-0.2, -0.15) is 0 Å². The van der Waals surface area contributed by atoms with Crippen LogP contribution in [0.1, 0.15) is 5.89 Å². The average Bonchev–Trinajstić information content (AvgIpc) is 2.67. The van der Waals surface area contributed by atoms with Crippen LogP contribution in [0.25, 0.3) is 0 Å². The molecule has 0 aliphatic rings. The highest BCUT2D eigenvalue weighted by atomic mass is 79.9. The van der Waals surface area contributed by atoms with Crippen molar-refractivity contribution in [1.29, 1.82) is 0 Å². The Bertz CT molecular complexity index is 686. The molecule has 0 bridgehead atoms. The SMILES string of the molecule is Cc1nnc(NS(=O)(=O)c2ccc(Br)c(F)c2)o1. The smallest absolute Gasteiger partial charge is 0.329 e. The molecule has 1 N–H and O–H groups in total. The summed E-state index contributed by atoms with van der Waals surface area (Å²) in [5.41, 5.74) is 0. The van der Waals surface area contributed by atoms with Crippen molar-refractivity contribution in [1.82, 2.24) is 10.2 Å². The Morgan fingerprint density at radius 2 is 2.11 bits per heavy atom. The summed E-state index contributed by atoms with van der Waals surface area (Å²) >= 11 is 2.94. The maximum Gasteiger partial charge on any atom is 0.329 e. The second-order valence-electron chi connectivity index (χ2n) is 3.31. The van der Waals surface area contributed by atoms with Gasteiger partial charge in [0.05, 0.1) is 9.37 Å². The lowest BCUT2D eigenvalue weighted by Gasteiger charge is -2.04. The zero-order valence-electron chi connectivity index (χ0n) is 9.02. The van der Waals surface area contributed by atoms with E-state index in [1.54, 1.807) is 0 Å². The van der Waals surface area contributed by atoms with Crippen molar-refractivity contribution in [3.63, 3.8) is 0 Å². The molecule has 1 heterocycles. The van der Waals surface area contributed by atoms with Gasteiger partial charge in [-0.1, -0.05) is 5.10 Å². The molecule has 0 unspecified atom stereocenters. The van der Waals surface area contributed by atoms with Gasteiger partial charge in [-0.3, -0.25) is 0 Å². The standard InChI is InChI=1S/C9H7BrFN3O3S/c1-5-12-13-9(17-5)14-18(15,16)6-2-3-7(10)8(11)4-6/h2-4H,1H3,(H,13,14). The predicted molar refractivity (Wildman–Crippen MR) is 63.9 cm³/mol. The van der Waals surface area contributed by atoms with Gasteiger partial charge in [0.2, 0.25) is 5.89 Å². The fourth-order valence-corrected chi connectivity index (χ4v) is 2.34. The van der Waals surface area contributed by atoms with Gasteiger partial charge < -0.3 is 4.42 Å². The van der Waals surface area contributed by atoms with E-state index in [2.05, 4.69) is 30.8 Å². The molecule has 0 radical (unpaired) electrons. The Hall–Kier alpha value is -1.48. The van der Waals surface area contributed by atoms with E-state index in [-0.39, 0.29) is 21.3 Å². The van der Waals surface area contributed by atoms with Crippen LogP contribution in [0.3, 0.4) is 0 Å². The fraction of sp³-hybridized carbons (Fsp3) is 0.111. The van der Waals surface area contributed by atoms with Gasteiger partial charge in [0.15, 0.2) is 0 Å². The van der Waals surface area contributed by atoms with E-state index < -0.39 is 15.8 Å². The van der Waals surface area contributed by atoms with Crippen LogP contribution in [-0.4, -0.2) is 18.6 Å². The lowest BCUT2D eigenvalue weighted by molar-refractivity contribution is 0.534. The lowest BCUT2D eigenvalue weighted by Crippen LogP contribution is -2.13. The number of anilines is 1. The first-order valence-electron chi connectivity index (χ1n) is 4.66. The third-order valence-electron chi connectivity index (χ3n) is 1.95. The third-order valence-corrected chi connectivity index (χ3v) is 3.91. The highest BCUT2D eigenvalue weighted by Crippen LogP contribution is 2.21. The summed E-state index contributed by atoms with van der Waals surface area (Å²) in [5, 5.41) is 6.96. The van der Waals surface area contributed by atoms with E-state index in [1.807, 2.05) is 0 Å². The molecule has 0 fully saturated rings. The predicted octanol–water partition coefficient (Wildman–Crippen LogP) is 2.08. The molecule has 2 rings (SSSR count). The Morgan fingerprint density at radius 3 is 2.67 bits per heavy atom. The van der Waals surface area contributed by atoms with Crippen LogP contribution in [0.2, 0.25) is 0 Å². The highest BCUT2D eigenvalue weighted by Gasteiger charge is 2.18. The fourth-order valence-electron chi connectivity index (χ4n) is 1.16. The van der Waals surface area contributed by atoms with Crippen LogP contribution >= 0.6 is 15.9 Å². The number of aryl methyl sites for hydroxylation is 1. The van der Waals surface area contributed by atoms with E-state index in [1.165, 1.54) is 19.1 Å². The van der Waals surface area contributed by atoms with Crippen molar-refractivity contribution in [3.8, 4) is 0 Å². The number of nitrogens with one attached hydrogen (secondary N) is 1. The summed E-state index contributed by atoms with van der Waals surface area (Å²) in [6.45, 7) is 1.52. The second-order valence-corrected chi connectivity index (χ2v) is 5.84. The molecule has 0 saturated carbocycles. The normalized spacial score (nSPS) is 11.5. The van der Waals surface area contributed by atoms with Gasteiger partial charge in [-0.05, 0) is 34.1 Å².